The number of thiophene rings is 1. The molecule has 0 aliphatic rings. The number of nitrogens with zero attached hydrogens (tertiary/aromatic N) is 1. The van der Waals surface area contributed by atoms with Crippen molar-refractivity contribution in [3.05, 3.63) is 21.3 Å². The molecular formula is C13H23ClIN3S. The fraction of sp³-hybridized carbons (Fsp3) is 0.615. The third-order valence-corrected chi connectivity index (χ3v) is 3.88. The van der Waals surface area contributed by atoms with Crippen molar-refractivity contribution in [2.75, 3.05) is 20.1 Å². The van der Waals surface area contributed by atoms with Crippen LogP contribution in [0.4, 0.5) is 0 Å². The highest BCUT2D eigenvalue weighted by atomic mass is 127. The smallest absolute Gasteiger partial charge is 0.190 e. The largest absolute Gasteiger partial charge is 0.356 e. The maximum atomic E-state index is 5.89. The number of hydrogen-bond acceptors (Lipinski definition) is 2. The van der Waals surface area contributed by atoms with Crippen LogP contribution in [0.2, 0.25) is 4.34 Å². The van der Waals surface area contributed by atoms with Crippen LogP contribution in [0, 0.1) is 0 Å². The van der Waals surface area contributed by atoms with Gasteiger partial charge >= 0.3 is 0 Å². The first-order valence-electron chi connectivity index (χ1n) is 6.45. The molecule has 0 spiro atoms. The second-order valence-electron chi connectivity index (χ2n) is 4.09. The highest BCUT2D eigenvalue weighted by molar-refractivity contribution is 14.0. The van der Waals surface area contributed by atoms with E-state index in [0.29, 0.717) is 0 Å². The van der Waals surface area contributed by atoms with E-state index in [9.17, 15) is 0 Å². The second kappa shape index (κ2) is 11.8. The monoisotopic (exact) mass is 415 g/mol. The van der Waals surface area contributed by atoms with Crippen molar-refractivity contribution in [3.63, 3.8) is 0 Å². The summed E-state index contributed by atoms with van der Waals surface area (Å²) in [4.78, 5) is 5.49. The topological polar surface area (TPSA) is 36.4 Å². The lowest BCUT2D eigenvalue weighted by molar-refractivity contribution is 0.682. The Morgan fingerprint density at radius 2 is 2.00 bits per heavy atom. The Labute approximate surface area is 142 Å². The first-order chi connectivity index (χ1) is 8.76. The number of rotatable bonds is 7. The summed E-state index contributed by atoms with van der Waals surface area (Å²) in [5.41, 5.74) is 0. The van der Waals surface area contributed by atoms with Gasteiger partial charge in [-0.3, -0.25) is 4.99 Å². The molecule has 0 fully saturated rings. The van der Waals surface area contributed by atoms with Crippen LogP contribution in [-0.4, -0.2) is 26.1 Å². The third kappa shape index (κ3) is 8.70. The Bertz CT molecular complexity index is 369. The quantitative estimate of drug-likeness (QED) is 0.306. The predicted octanol–water partition coefficient (Wildman–Crippen LogP) is 3.92. The van der Waals surface area contributed by atoms with Gasteiger partial charge in [0, 0.05) is 25.0 Å². The molecule has 6 heteroatoms. The normalized spacial score (nSPS) is 11.0. The Morgan fingerprint density at radius 1 is 1.26 bits per heavy atom. The molecule has 0 saturated carbocycles. The van der Waals surface area contributed by atoms with Gasteiger partial charge in [0.25, 0.3) is 0 Å². The molecule has 110 valence electrons. The number of guanidine groups is 1. The molecule has 0 radical (unpaired) electrons. The van der Waals surface area contributed by atoms with E-state index in [1.807, 2.05) is 6.07 Å². The summed E-state index contributed by atoms with van der Waals surface area (Å²) in [6.45, 7) is 4.07. The molecular weight excluding hydrogens is 393 g/mol. The number of nitrogens with one attached hydrogen (secondary N) is 2. The molecule has 0 aromatic carbocycles. The van der Waals surface area contributed by atoms with Crippen LogP contribution < -0.4 is 10.6 Å². The first kappa shape index (κ1) is 19.0. The Hall–Kier alpha value is -0.0100. The molecule has 0 atom stereocenters. The van der Waals surface area contributed by atoms with Crippen LogP contribution >= 0.6 is 46.9 Å². The van der Waals surface area contributed by atoms with E-state index >= 15 is 0 Å². The number of unbranched alkanes of at least 4 members (excludes halogenated alkanes) is 2. The van der Waals surface area contributed by atoms with Crippen molar-refractivity contribution in [1.82, 2.24) is 10.6 Å². The molecule has 0 saturated heterocycles. The lowest BCUT2D eigenvalue weighted by Crippen LogP contribution is -2.38. The number of halogens is 2. The van der Waals surface area contributed by atoms with Crippen LogP contribution in [-0.2, 0) is 6.42 Å². The molecule has 0 aliphatic heterocycles. The molecule has 0 unspecified atom stereocenters. The summed E-state index contributed by atoms with van der Waals surface area (Å²) in [6.07, 6.45) is 4.68. The Morgan fingerprint density at radius 3 is 2.58 bits per heavy atom. The predicted molar refractivity (Wildman–Crippen MR) is 97.3 cm³/mol. The fourth-order valence-corrected chi connectivity index (χ4v) is 2.68. The van der Waals surface area contributed by atoms with E-state index in [0.717, 1.165) is 29.8 Å². The van der Waals surface area contributed by atoms with E-state index in [2.05, 4.69) is 28.6 Å². The molecule has 1 aromatic rings. The van der Waals surface area contributed by atoms with Gasteiger partial charge in [0.2, 0.25) is 0 Å². The van der Waals surface area contributed by atoms with Gasteiger partial charge in [0.15, 0.2) is 5.96 Å². The minimum Gasteiger partial charge on any atom is -0.356 e. The first-order valence-corrected chi connectivity index (χ1v) is 7.64. The summed E-state index contributed by atoms with van der Waals surface area (Å²) in [5.74, 6) is 0.883. The van der Waals surface area contributed by atoms with Gasteiger partial charge < -0.3 is 10.6 Å². The maximum Gasteiger partial charge on any atom is 0.190 e. The highest BCUT2D eigenvalue weighted by Crippen LogP contribution is 2.21. The van der Waals surface area contributed by atoms with Crippen LogP contribution in [0.15, 0.2) is 17.1 Å². The standard InChI is InChI=1S/C13H22ClN3S.HI/c1-3-4-5-9-16-13(15-2)17-10-8-11-6-7-12(14)18-11;/h6-7H,3-5,8-10H2,1-2H3,(H2,15,16,17);1H. The molecule has 0 amide bonds. The van der Waals surface area contributed by atoms with Crippen molar-refractivity contribution in [2.24, 2.45) is 4.99 Å². The van der Waals surface area contributed by atoms with Gasteiger partial charge in [-0.15, -0.1) is 35.3 Å². The van der Waals surface area contributed by atoms with Crippen molar-refractivity contribution in [3.8, 4) is 0 Å². The zero-order valence-corrected chi connectivity index (χ0v) is 15.4. The number of aliphatic imine (C=N–C) groups is 1. The summed E-state index contributed by atoms with van der Waals surface area (Å²) in [7, 11) is 1.80. The van der Waals surface area contributed by atoms with Crippen molar-refractivity contribution >= 4 is 52.9 Å². The van der Waals surface area contributed by atoms with Crippen molar-refractivity contribution < 1.29 is 0 Å². The third-order valence-electron chi connectivity index (χ3n) is 2.59. The van der Waals surface area contributed by atoms with Gasteiger partial charge in [0.05, 0.1) is 4.34 Å². The van der Waals surface area contributed by atoms with E-state index in [1.165, 1.54) is 24.1 Å². The lowest BCUT2D eigenvalue weighted by atomic mass is 10.2. The van der Waals surface area contributed by atoms with Crippen molar-refractivity contribution in [1.29, 1.82) is 0 Å². The van der Waals surface area contributed by atoms with Crippen LogP contribution in [0.1, 0.15) is 31.1 Å². The van der Waals surface area contributed by atoms with E-state index in [1.54, 1.807) is 18.4 Å². The van der Waals surface area contributed by atoms with E-state index in [-0.39, 0.29) is 24.0 Å². The minimum atomic E-state index is 0. The SMILES string of the molecule is CCCCCNC(=NC)NCCc1ccc(Cl)s1.I. The summed E-state index contributed by atoms with van der Waals surface area (Å²) >= 11 is 7.53. The van der Waals surface area contributed by atoms with Gasteiger partial charge in [-0.05, 0) is 25.0 Å². The van der Waals surface area contributed by atoms with E-state index < -0.39 is 0 Å². The molecule has 1 heterocycles. The molecule has 19 heavy (non-hydrogen) atoms. The Kier molecular flexibility index (Phi) is 11.8. The highest BCUT2D eigenvalue weighted by Gasteiger charge is 1.99. The van der Waals surface area contributed by atoms with E-state index in [4.69, 9.17) is 11.6 Å². The molecule has 2 N–H and O–H groups in total. The number of hydrogen-bond donors (Lipinski definition) is 2. The Balaban J connectivity index is 0.00000324. The molecule has 3 nitrogen and oxygen atoms in total. The van der Waals surface area contributed by atoms with Gasteiger partial charge in [-0.2, -0.15) is 0 Å². The van der Waals surface area contributed by atoms with Crippen LogP contribution in [0.3, 0.4) is 0 Å². The fourth-order valence-electron chi connectivity index (χ4n) is 1.59. The molecule has 1 rings (SSSR count). The maximum absolute atomic E-state index is 5.89. The van der Waals surface area contributed by atoms with Crippen molar-refractivity contribution in [2.45, 2.75) is 32.6 Å². The average Bonchev–Trinajstić information content (AvgIpc) is 2.78. The van der Waals surface area contributed by atoms with Gasteiger partial charge in [0.1, 0.15) is 0 Å². The summed E-state index contributed by atoms with van der Waals surface area (Å²) in [6, 6.07) is 4.02. The second-order valence-corrected chi connectivity index (χ2v) is 5.89. The minimum absolute atomic E-state index is 0. The van der Waals surface area contributed by atoms with Crippen LogP contribution in [0.5, 0.6) is 0 Å². The van der Waals surface area contributed by atoms with Gasteiger partial charge in [-0.1, -0.05) is 31.4 Å². The van der Waals surface area contributed by atoms with Gasteiger partial charge in [-0.25, -0.2) is 0 Å². The average molecular weight is 416 g/mol. The zero-order chi connectivity index (χ0) is 13.2. The molecule has 0 aliphatic carbocycles. The summed E-state index contributed by atoms with van der Waals surface area (Å²) in [5, 5.41) is 6.62. The lowest BCUT2D eigenvalue weighted by Gasteiger charge is -2.11. The molecule has 1 aromatic heterocycles. The zero-order valence-electron chi connectivity index (χ0n) is 11.5. The molecule has 0 bridgehead atoms. The van der Waals surface area contributed by atoms with Crippen LogP contribution in [0.25, 0.3) is 0 Å². The summed E-state index contributed by atoms with van der Waals surface area (Å²) < 4.78 is 0.854.